The van der Waals surface area contributed by atoms with E-state index in [0.717, 1.165) is 17.9 Å². The minimum absolute atomic E-state index is 0.146. The summed E-state index contributed by atoms with van der Waals surface area (Å²) in [6.07, 6.45) is 5.57. The van der Waals surface area contributed by atoms with E-state index < -0.39 is 0 Å². The van der Waals surface area contributed by atoms with Crippen LogP contribution in [0.4, 0.5) is 0 Å². The van der Waals surface area contributed by atoms with Crippen LogP contribution < -0.4 is 5.73 Å². The minimum atomic E-state index is 0.146. The Morgan fingerprint density at radius 1 is 0.950 bits per heavy atom. The summed E-state index contributed by atoms with van der Waals surface area (Å²) in [7, 11) is 0. The van der Waals surface area contributed by atoms with Crippen molar-refractivity contribution in [2.75, 3.05) is 0 Å². The molecule has 0 fully saturated rings. The normalized spacial score (nSPS) is 15.1. The van der Waals surface area contributed by atoms with E-state index >= 15 is 0 Å². The summed E-state index contributed by atoms with van der Waals surface area (Å²) in [5.74, 6) is 0. The van der Waals surface area contributed by atoms with Gasteiger partial charge in [-0.25, -0.2) is 0 Å². The molecule has 0 heterocycles. The van der Waals surface area contributed by atoms with E-state index in [0.29, 0.717) is 0 Å². The summed E-state index contributed by atoms with van der Waals surface area (Å²) in [6.45, 7) is 0. The first-order valence-corrected chi connectivity index (χ1v) is 7.69. The van der Waals surface area contributed by atoms with Gasteiger partial charge in [0.25, 0.3) is 0 Å². The first-order valence-electron chi connectivity index (χ1n) is 7.31. The van der Waals surface area contributed by atoms with Gasteiger partial charge in [0.2, 0.25) is 0 Å². The number of halogens is 1. The average molecular weight is 286 g/mol. The Morgan fingerprint density at radius 2 is 1.70 bits per heavy atom. The van der Waals surface area contributed by atoms with Crippen molar-refractivity contribution in [1.29, 1.82) is 0 Å². The third-order valence-corrected chi connectivity index (χ3v) is 4.28. The Morgan fingerprint density at radius 3 is 2.50 bits per heavy atom. The highest BCUT2D eigenvalue weighted by molar-refractivity contribution is 6.30. The summed E-state index contributed by atoms with van der Waals surface area (Å²) in [5, 5.41) is 0.784. The molecule has 1 aliphatic rings. The number of nitrogens with two attached hydrogens (primary N) is 1. The SMILES string of the molecule is NC(Cc1cccc(Cl)c1)Cc1ccc2c(c1)CCC2. The van der Waals surface area contributed by atoms with Gasteiger partial charge in [0.1, 0.15) is 0 Å². The number of benzene rings is 2. The molecule has 0 amide bonds. The van der Waals surface area contributed by atoms with E-state index in [1.165, 1.54) is 41.5 Å². The van der Waals surface area contributed by atoms with Crippen LogP contribution in [0.15, 0.2) is 42.5 Å². The Balaban J connectivity index is 1.65. The minimum Gasteiger partial charge on any atom is -0.327 e. The van der Waals surface area contributed by atoms with Crippen LogP contribution in [0.5, 0.6) is 0 Å². The molecule has 104 valence electrons. The van der Waals surface area contributed by atoms with E-state index in [1.54, 1.807) is 0 Å². The molecule has 0 radical (unpaired) electrons. The van der Waals surface area contributed by atoms with Crippen molar-refractivity contribution >= 4 is 11.6 Å². The standard InChI is InChI=1S/C18H20ClN/c19-17-6-1-3-13(10-17)11-18(20)12-14-7-8-15-4-2-5-16(15)9-14/h1,3,6-10,18H,2,4-5,11-12,20H2. The predicted molar refractivity (Wildman–Crippen MR) is 85.3 cm³/mol. The monoisotopic (exact) mass is 285 g/mol. The molecular weight excluding hydrogens is 266 g/mol. The molecule has 2 heteroatoms. The van der Waals surface area contributed by atoms with Crippen molar-refractivity contribution in [1.82, 2.24) is 0 Å². The summed E-state index contributed by atoms with van der Waals surface area (Å²) in [4.78, 5) is 0. The number of hydrogen-bond acceptors (Lipinski definition) is 1. The highest BCUT2D eigenvalue weighted by atomic mass is 35.5. The fourth-order valence-corrected chi connectivity index (χ4v) is 3.31. The van der Waals surface area contributed by atoms with Crippen molar-refractivity contribution in [2.45, 2.75) is 38.1 Å². The van der Waals surface area contributed by atoms with Gasteiger partial charge in [-0.3, -0.25) is 0 Å². The summed E-state index contributed by atoms with van der Waals surface area (Å²) < 4.78 is 0. The van der Waals surface area contributed by atoms with Gasteiger partial charge in [-0.1, -0.05) is 41.9 Å². The molecule has 2 N–H and O–H groups in total. The van der Waals surface area contributed by atoms with Crippen LogP contribution in [0.1, 0.15) is 28.7 Å². The number of hydrogen-bond donors (Lipinski definition) is 1. The lowest BCUT2D eigenvalue weighted by atomic mass is 9.97. The van der Waals surface area contributed by atoms with Crippen LogP contribution in [0.2, 0.25) is 5.02 Å². The van der Waals surface area contributed by atoms with Gasteiger partial charge in [0, 0.05) is 11.1 Å². The van der Waals surface area contributed by atoms with Crippen LogP contribution in [0, 0.1) is 0 Å². The number of fused-ring (bicyclic) bond motifs is 1. The van der Waals surface area contributed by atoms with Crippen molar-refractivity contribution < 1.29 is 0 Å². The molecule has 1 unspecified atom stereocenters. The molecule has 1 aliphatic carbocycles. The molecule has 2 aromatic carbocycles. The maximum absolute atomic E-state index is 6.29. The quantitative estimate of drug-likeness (QED) is 0.905. The molecule has 1 nitrogen and oxygen atoms in total. The van der Waals surface area contributed by atoms with Gasteiger partial charge in [0.05, 0.1) is 0 Å². The van der Waals surface area contributed by atoms with Gasteiger partial charge >= 0.3 is 0 Å². The number of aryl methyl sites for hydroxylation is 2. The topological polar surface area (TPSA) is 26.0 Å². The van der Waals surface area contributed by atoms with E-state index in [1.807, 2.05) is 18.2 Å². The lowest BCUT2D eigenvalue weighted by Crippen LogP contribution is -2.25. The van der Waals surface area contributed by atoms with Crippen molar-refractivity contribution in [3.63, 3.8) is 0 Å². The zero-order chi connectivity index (χ0) is 13.9. The molecule has 2 aromatic rings. The Hall–Kier alpha value is -1.31. The van der Waals surface area contributed by atoms with E-state index in [-0.39, 0.29) is 6.04 Å². The first kappa shape index (κ1) is 13.7. The van der Waals surface area contributed by atoms with Crippen molar-refractivity contribution in [3.8, 4) is 0 Å². The molecule has 0 aromatic heterocycles. The van der Waals surface area contributed by atoms with Gasteiger partial charge in [-0.2, -0.15) is 0 Å². The second kappa shape index (κ2) is 5.99. The van der Waals surface area contributed by atoms with Gasteiger partial charge in [-0.05, 0) is 66.5 Å². The summed E-state index contributed by atoms with van der Waals surface area (Å²) in [6, 6.07) is 15.0. The number of rotatable bonds is 4. The Bertz CT molecular complexity index is 606. The molecule has 1 atom stereocenters. The fraction of sp³-hybridized carbons (Fsp3) is 0.333. The Labute approximate surface area is 125 Å². The highest BCUT2D eigenvalue weighted by Gasteiger charge is 2.12. The van der Waals surface area contributed by atoms with Gasteiger partial charge in [-0.15, -0.1) is 0 Å². The van der Waals surface area contributed by atoms with E-state index in [2.05, 4.69) is 24.3 Å². The molecule has 0 bridgehead atoms. The maximum atomic E-state index is 6.29. The third kappa shape index (κ3) is 3.23. The molecule has 0 spiro atoms. The molecule has 20 heavy (non-hydrogen) atoms. The average Bonchev–Trinajstić information content (AvgIpc) is 2.86. The molecule has 0 saturated heterocycles. The van der Waals surface area contributed by atoms with Gasteiger partial charge < -0.3 is 5.73 Å². The Kier molecular flexibility index (Phi) is 4.09. The largest absolute Gasteiger partial charge is 0.327 e. The molecule has 0 aliphatic heterocycles. The fourth-order valence-electron chi connectivity index (χ4n) is 3.09. The second-order valence-corrected chi connectivity index (χ2v) is 6.19. The summed E-state index contributed by atoms with van der Waals surface area (Å²) in [5.41, 5.74) is 11.9. The van der Waals surface area contributed by atoms with Crippen LogP contribution >= 0.6 is 11.6 Å². The lowest BCUT2D eigenvalue weighted by Gasteiger charge is -2.13. The zero-order valence-corrected chi connectivity index (χ0v) is 12.4. The smallest absolute Gasteiger partial charge is 0.0408 e. The van der Waals surface area contributed by atoms with Crippen molar-refractivity contribution in [3.05, 3.63) is 69.7 Å². The molecule has 3 rings (SSSR count). The predicted octanol–water partition coefficient (Wildman–Crippen LogP) is 3.94. The zero-order valence-electron chi connectivity index (χ0n) is 11.6. The van der Waals surface area contributed by atoms with Crippen molar-refractivity contribution in [2.24, 2.45) is 5.73 Å². The van der Waals surface area contributed by atoms with Gasteiger partial charge in [0.15, 0.2) is 0 Å². The van der Waals surface area contributed by atoms with E-state index in [9.17, 15) is 0 Å². The molecular formula is C18H20ClN. The maximum Gasteiger partial charge on any atom is 0.0408 e. The van der Waals surface area contributed by atoms with E-state index in [4.69, 9.17) is 17.3 Å². The van der Waals surface area contributed by atoms with Crippen LogP contribution in [-0.2, 0) is 25.7 Å². The first-order chi connectivity index (χ1) is 9.70. The molecule has 0 saturated carbocycles. The highest BCUT2D eigenvalue weighted by Crippen LogP contribution is 2.23. The lowest BCUT2D eigenvalue weighted by molar-refractivity contribution is 0.664. The van der Waals surface area contributed by atoms with Crippen LogP contribution in [0.25, 0.3) is 0 Å². The summed E-state index contributed by atoms with van der Waals surface area (Å²) >= 11 is 6.01. The second-order valence-electron chi connectivity index (χ2n) is 5.75. The van der Waals surface area contributed by atoms with Crippen LogP contribution in [-0.4, -0.2) is 6.04 Å². The van der Waals surface area contributed by atoms with Crippen LogP contribution in [0.3, 0.4) is 0 Å². The third-order valence-electron chi connectivity index (χ3n) is 4.05.